The van der Waals surface area contributed by atoms with E-state index in [0.29, 0.717) is 16.9 Å². The molecule has 2 aromatic rings. The van der Waals surface area contributed by atoms with Gasteiger partial charge in [0.05, 0.1) is 17.2 Å². The van der Waals surface area contributed by atoms with Crippen LogP contribution in [-0.2, 0) is 12.8 Å². The van der Waals surface area contributed by atoms with Crippen molar-refractivity contribution in [3.05, 3.63) is 65.2 Å². The van der Waals surface area contributed by atoms with Crippen LogP contribution in [0.25, 0.3) is 0 Å². The van der Waals surface area contributed by atoms with Crippen molar-refractivity contribution in [1.29, 1.82) is 5.26 Å². The third kappa shape index (κ3) is 3.29. The first-order chi connectivity index (χ1) is 9.50. The molecule has 0 unspecified atom stereocenters. The first kappa shape index (κ1) is 13.9. The zero-order chi connectivity index (χ0) is 14.6. The molecule has 0 heterocycles. The van der Waals surface area contributed by atoms with E-state index in [4.69, 9.17) is 10.00 Å². The fraction of sp³-hybridized carbons (Fsp3) is 0.133. The Hall–Kier alpha value is -2.48. The topological polar surface area (TPSA) is 33.0 Å². The number of hydrogen-bond acceptors (Lipinski definition) is 2. The molecule has 0 spiro atoms. The van der Waals surface area contributed by atoms with Crippen LogP contribution in [0.5, 0.6) is 5.75 Å². The van der Waals surface area contributed by atoms with E-state index in [0.717, 1.165) is 12.1 Å². The molecule has 0 aliphatic heterocycles. The van der Waals surface area contributed by atoms with Gasteiger partial charge in [0.25, 0.3) is 0 Å². The lowest BCUT2D eigenvalue weighted by Gasteiger charge is -2.09. The molecule has 2 rings (SSSR count). The van der Waals surface area contributed by atoms with Crippen molar-refractivity contribution < 1.29 is 17.9 Å². The van der Waals surface area contributed by atoms with Gasteiger partial charge in [0.1, 0.15) is 12.4 Å². The van der Waals surface area contributed by atoms with Crippen LogP contribution < -0.4 is 4.74 Å². The third-order valence-electron chi connectivity index (χ3n) is 2.71. The lowest BCUT2D eigenvalue weighted by Crippen LogP contribution is -2.04. The zero-order valence-corrected chi connectivity index (χ0v) is 10.3. The maximum atomic E-state index is 12.4. The van der Waals surface area contributed by atoms with Gasteiger partial charge in [-0.1, -0.05) is 18.2 Å². The number of alkyl halides is 3. The molecule has 0 bridgehead atoms. The van der Waals surface area contributed by atoms with E-state index in [1.54, 1.807) is 24.3 Å². The Morgan fingerprint density at radius 1 is 1.00 bits per heavy atom. The third-order valence-corrected chi connectivity index (χ3v) is 2.71. The van der Waals surface area contributed by atoms with Crippen molar-refractivity contribution in [1.82, 2.24) is 0 Å². The van der Waals surface area contributed by atoms with Crippen molar-refractivity contribution >= 4 is 0 Å². The minimum atomic E-state index is -4.36. The van der Waals surface area contributed by atoms with Gasteiger partial charge in [-0.2, -0.15) is 18.4 Å². The van der Waals surface area contributed by atoms with E-state index in [1.165, 1.54) is 12.1 Å². The summed E-state index contributed by atoms with van der Waals surface area (Å²) >= 11 is 0. The van der Waals surface area contributed by atoms with Crippen LogP contribution in [0.1, 0.15) is 16.7 Å². The maximum Gasteiger partial charge on any atom is 0.416 e. The van der Waals surface area contributed by atoms with E-state index in [2.05, 4.69) is 0 Å². The van der Waals surface area contributed by atoms with Crippen molar-refractivity contribution in [2.75, 3.05) is 0 Å². The lowest BCUT2D eigenvalue weighted by atomic mass is 10.1. The van der Waals surface area contributed by atoms with Crippen LogP contribution in [-0.4, -0.2) is 0 Å². The Balaban J connectivity index is 2.07. The van der Waals surface area contributed by atoms with Crippen LogP contribution in [0.15, 0.2) is 48.5 Å². The fourth-order valence-corrected chi connectivity index (χ4v) is 1.66. The highest BCUT2D eigenvalue weighted by Crippen LogP contribution is 2.30. The standard InChI is InChI=1S/C15H10F3NO/c16-15(17,18)13-5-7-14(8-6-13)20-10-12-4-2-1-3-11(12)9-19/h1-8H,10H2. The summed E-state index contributed by atoms with van der Waals surface area (Å²) < 4.78 is 42.6. The van der Waals surface area contributed by atoms with E-state index < -0.39 is 11.7 Å². The van der Waals surface area contributed by atoms with E-state index >= 15 is 0 Å². The molecule has 0 fully saturated rings. The molecule has 0 atom stereocenters. The molecule has 0 saturated carbocycles. The summed E-state index contributed by atoms with van der Waals surface area (Å²) in [5, 5.41) is 8.91. The van der Waals surface area contributed by atoms with E-state index in [9.17, 15) is 13.2 Å². The largest absolute Gasteiger partial charge is 0.489 e. The molecule has 2 nitrogen and oxygen atoms in total. The second kappa shape index (κ2) is 5.66. The first-order valence-corrected chi connectivity index (χ1v) is 5.79. The number of ether oxygens (including phenoxy) is 1. The van der Waals surface area contributed by atoms with E-state index in [1.807, 2.05) is 6.07 Å². The summed E-state index contributed by atoms with van der Waals surface area (Å²) in [5.74, 6) is 0.325. The van der Waals surface area contributed by atoms with Crippen molar-refractivity contribution in [3.8, 4) is 11.8 Å². The quantitative estimate of drug-likeness (QED) is 0.844. The highest BCUT2D eigenvalue weighted by atomic mass is 19.4. The Kier molecular flexibility index (Phi) is 3.94. The Morgan fingerprint density at radius 2 is 1.65 bits per heavy atom. The number of nitriles is 1. The van der Waals surface area contributed by atoms with Crippen LogP contribution >= 0.6 is 0 Å². The Bertz CT molecular complexity index is 627. The molecule has 0 aliphatic carbocycles. The molecular formula is C15H10F3NO. The molecule has 102 valence electrons. The van der Waals surface area contributed by atoms with Gasteiger partial charge in [-0.05, 0) is 30.3 Å². The van der Waals surface area contributed by atoms with Crippen LogP contribution in [0.3, 0.4) is 0 Å². The van der Waals surface area contributed by atoms with Crippen LogP contribution in [0.4, 0.5) is 13.2 Å². The highest BCUT2D eigenvalue weighted by molar-refractivity contribution is 5.37. The van der Waals surface area contributed by atoms with Crippen LogP contribution in [0, 0.1) is 11.3 Å². The van der Waals surface area contributed by atoms with Crippen molar-refractivity contribution in [2.24, 2.45) is 0 Å². The highest BCUT2D eigenvalue weighted by Gasteiger charge is 2.29. The van der Waals surface area contributed by atoms with Gasteiger partial charge in [0.2, 0.25) is 0 Å². The van der Waals surface area contributed by atoms with Gasteiger partial charge in [0.15, 0.2) is 0 Å². The summed E-state index contributed by atoms with van der Waals surface area (Å²) in [7, 11) is 0. The number of rotatable bonds is 3. The summed E-state index contributed by atoms with van der Waals surface area (Å²) in [6, 6.07) is 13.4. The maximum absolute atomic E-state index is 12.4. The number of halogens is 3. The van der Waals surface area contributed by atoms with Crippen molar-refractivity contribution in [2.45, 2.75) is 12.8 Å². The van der Waals surface area contributed by atoms with Gasteiger partial charge in [-0.25, -0.2) is 0 Å². The smallest absolute Gasteiger partial charge is 0.416 e. The molecule has 5 heteroatoms. The number of hydrogen-bond donors (Lipinski definition) is 0. The predicted molar refractivity (Wildman–Crippen MR) is 66.9 cm³/mol. The predicted octanol–water partition coefficient (Wildman–Crippen LogP) is 4.16. The lowest BCUT2D eigenvalue weighted by molar-refractivity contribution is -0.137. The molecule has 20 heavy (non-hydrogen) atoms. The minimum Gasteiger partial charge on any atom is -0.489 e. The molecule has 0 amide bonds. The van der Waals surface area contributed by atoms with Crippen molar-refractivity contribution in [3.63, 3.8) is 0 Å². The molecule has 0 aliphatic rings. The van der Waals surface area contributed by atoms with Gasteiger partial charge in [-0.3, -0.25) is 0 Å². The molecule has 2 aromatic carbocycles. The minimum absolute atomic E-state index is 0.134. The molecule has 0 N–H and O–H groups in total. The fourth-order valence-electron chi connectivity index (χ4n) is 1.66. The Morgan fingerprint density at radius 3 is 2.25 bits per heavy atom. The van der Waals surface area contributed by atoms with Crippen LogP contribution in [0.2, 0.25) is 0 Å². The number of nitrogens with zero attached hydrogens (tertiary/aromatic N) is 1. The average molecular weight is 277 g/mol. The Labute approximate surface area is 114 Å². The molecule has 0 radical (unpaired) electrons. The monoisotopic (exact) mass is 277 g/mol. The first-order valence-electron chi connectivity index (χ1n) is 5.79. The summed E-state index contributed by atoms with van der Waals surface area (Å²) in [4.78, 5) is 0. The number of benzene rings is 2. The zero-order valence-electron chi connectivity index (χ0n) is 10.3. The van der Waals surface area contributed by atoms with Gasteiger partial charge in [0, 0.05) is 5.56 Å². The normalized spacial score (nSPS) is 10.9. The average Bonchev–Trinajstić information content (AvgIpc) is 2.45. The van der Waals surface area contributed by atoms with Gasteiger partial charge >= 0.3 is 6.18 Å². The summed E-state index contributed by atoms with van der Waals surface area (Å²) in [6.45, 7) is 0.134. The van der Waals surface area contributed by atoms with E-state index in [-0.39, 0.29) is 6.61 Å². The summed E-state index contributed by atoms with van der Waals surface area (Å²) in [6.07, 6.45) is -4.36. The summed E-state index contributed by atoms with van der Waals surface area (Å²) in [5.41, 5.74) is 0.455. The second-order valence-corrected chi connectivity index (χ2v) is 4.08. The molecular weight excluding hydrogens is 267 g/mol. The molecule has 0 saturated heterocycles. The van der Waals surface area contributed by atoms with Gasteiger partial charge in [-0.15, -0.1) is 0 Å². The van der Waals surface area contributed by atoms with Gasteiger partial charge < -0.3 is 4.74 Å². The molecule has 0 aromatic heterocycles. The SMILES string of the molecule is N#Cc1ccccc1COc1ccc(C(F)(F)F)cc1. The second-order valence-electron chi connectivity index (χ2n) is 4.08.